The number of rotatable bonds is 0. The van der Waals surface area contributed by atoms with Crippen LogP contribution in [0.5, 0.6) is 0 Å². The third-order valence-corrected chi connectivity index (χ3v) is 0. The molecule has 0 aliphatic heterocycles. The summed E-state index contributed by atoms with van der Waals surface area (Å²) in [6.45, 7) is 0. The molecule has 0 bridgehead atoms. The zero-order valence-electron chi connectivity index (χ0n) is 2.67. The molecule has 6 heavy (non-hydrogen) atoms. The Kier molecular flexibility index (Phi) is 4.75. The molecule has 0 radical (unpaired) electrons. The van der Waals surface area contributed by atoms with Crippen molar-refractivity contribution in [1.29, 1.82) is 0 Å². The van der Waals surface area contributed by atoms with E-state index < -0.39 is 10.1 Å². The van der Waals surface area contributed by atoms with Crippen LogP contribution < -0.4 is 0 Å². The van der Waals surface area contributed by atoms with Crippen LogP contribution in [0.25, 0.3) is 0 Å². The summed E-state index contributed by atoms with van der Waals surface area (Å²) in [7, 11) is -3.67. The second-order valence-electron chi connectivity index (χ2n) is 0.733. The Morgan fingerprint density at radius 2 is 1.50 bits per heavy atom. The molecule has 0 aromatic carbocycles. The summed E-state index contributed by atoms with van der Waals surface area (Å²) in [5.41, 5.74) is 0. The minimum atomic E-state index is -3.67. The molecular formula is CH7InO3S. The topological polar surface area (TPSA) is 54.4 Å². The van der Waals surface area contributed by atoms with Crippen molar-refractivity contribution in [3.8, 4) is 0 Å². The third kappa shape index (κ3) is 112. The fraction of sp³-hybridized carbons (Fsp3) is 1.00. The van der Waals surface area contributed by atoms with Crippen molar-refractivity contribution < 1.29 is 13.0 Å². The van der Waals surface area contributed by atoms with E-state index in [1.165, 1.54) is 0 Å². The Labute approximate surface area is 55.3 Å². The minimum absolute atomic E-state index is 0. The SMILES string of the molecule is CS(=O)(=O)O.[InH3]. The molecule has 0 saturated carbocycles. The normalized spacial score (nSPS) is 9.67. The molecule has 0 aromatic heterocycles. The summed E-state index contributed by atoms with van der Waals surface area (Å²) in [6, 6.07) is 0. The van der Waals surface area contributed by atoms with Gasteiger partial charge in [-0.3, -0.25) is 4.55 Å². The van der Waals surface area contributed by atoms with Crippen molar-refractivity contribution in [1.82, 2.24) is 0 Å². The monoisotopic (exact) mass is 214 g/mol. The second kappa shape index (κ2) is 2.87. The van der Waals surface area contributed by atoms with Gasteiger partial charge in [0, 0.05) is 0 Å². The summed E-state index contributed by atoms with van der Waals surface area (Å²) in [5, 5.41) is 0. The molecular weight excluding hydrogens is 207 g/mol. The molecule has 0 spiro atoms. The summed E-state index contributed by atoms with van der Waals surface area (Å²) >= 11 is 0. The van der Waals surface area contributed by atoms with Crippen LogP contribution in [-0.2, 0) is 10.1 Å². The van der Waals surface area contributed by atoms with Crippen LogP contribution in [0.15, 0.2) is 0 Å². The average molecular weight is 214 g/mol. The predicted octanol–water partition coefficient (Wildman–Crippen LogP) is -1.68. The molecule has 0 unspecified atom stereocenters. The van der Waals surface area contributed by atoms with Crippen LogP contribution >= 0.6 is 0 Å². The van der Waals surface area contributed by atoms with E-state index >= 15 is 0 Å². The molecule has 0 aliphatic carbocycles. The Bertz CT molecular complexity index is 94.0. The maximum absolute atomic E-state index is 9.19. The molecule has 5 heteroatoms. The van der Waals surface area contributed by atoms with Gasteiger partial charge in [-0.25, -0.2) is 0 Å². The first-order chi connectivity index (χ1) is 2.00. The van der Waals surface area contributed by atoms with Gasteiger partial charge < -0.3 is 0 Å². The Balaban J connectivity index is 0. The quantitative estimate of drug-likeness (QED) is 0.490. The van der Waals surface area contributed by atoms with Gasteiger partial charge in [0.1, 0.15) is 0 Å². The maximum atomic E-state index is 9.19. The molecule has 0 amide bonds. The van der Waals surface area contributed by atoms with E-state index in [0.717, 1.165) is 0 Å². The van der Waals surface area contributed by atoms with Crippen LogP contribution in [0.3, 0.4) is 0 Å². The molecule has 0 heterocycles. The Morgan fingerprint density at radius 3 is 1.50 bits per heavy atom. The zero-order valence-corrected chi connectivity index (χ0v) is 3.49. The van der Waals surface area contributed by atoms with Crippen LogP contribution in [0.4, 0.5) is 0 Å². The van der Waals surface area contributed by atoms with Crippen molar-refractivity contribution in [2.75, 3.05) is 6.26 Å². The van der Waals surface area contributed by atoms with Gasteiger partial charge >= 0.3 is 25.8 Å². The summed E-state index contributed by atoms with van der Waals surface area (Å²) in [4.78, 5) is 0. The van der Waals surface area contributed by atoms with Gasteiger partial charge in [0.25, 0.3) is 10.1 Å². The summed E-state index contributed by atoms with van der Waals surface area (Å²) in [6.07, 6.45) is 0.715. The fourth-order valence-electron chi connectivity index (χ4n) is 0. The molecule has 3 nitrogen and oxygen atoms in total. The van der Waals surface area contributed by atoms with Crippen molar-refractivity contribution in [2.45, 2.75) is 0 Å². The first-order valence-electron chi connectivity index (χ1n) is 0.924. The van der Waals surface area contributed by atoms with E-state index in [-0.39, 0.29) is 25.8 Å². The van der Waals surface area contributed by atoms with Crippen LogP contribution in [0.1, 0.15) is 0 Å². The van der Waals surface area contributed by atoms with E-state index in [9.17, 15) is 8.42 Å². The van der Waals surface area contributed by atoms with Crippen LogP contribution in [-0.4, -0.2) is 45.1 Å². The number of hydrogen-bond donors (Lipinski definition) is 1. The van der Waals surface area contributed by atoms with E-state index in [2.05, 4.69) is 0 Å². The van der Waals surface area contributed by atoms with Gasteiger partial charge in [-0.15, -0.1) is 0 Å². The van der Waals surface area contributed by atoms with Crippen molar-refractivity contribution in [2.24, 2.45) is 0 Å². The standard InChI is InChI=1S/CH4O3S.In.3H/c1-5(2,3)4;;;;/h1H3,(H,2,3,4);;;;. The molecule has 0 aliphatic rings. The molecule has 0 aromatic rings. The summed E-state index contributed by atoms with van der Waals surface area (Å²) < 4.78 is 25.9. The first kappa shape index (κ1) is 9.91. The van der Waals surface area contributed by atoms with E-state index in [0.29, 0.717) is 6.26 Å². The van der Waals surface area contributed by atoms with E-state index in [1.54, 1.807) is 0 Å². The molecule has 0 fully saturated rings. The Morgan fingerprint density at radius 1 is 1.50 bits per heavy atom. The second-order valence-corrected chi connectivity index (χ2v) is 2.20. The van der Waals surface area contributed by atoms with Gasteiger partial charge in [-0.2, -0.15) is 8.42 Å². The van der Waals surface area contributed by atoms with Gasteiger partial charge in [0.2, 0.25) is 0 Å². The molecule has 0 saturated heterocycles. The van der Waals surface area contributed by atoms with Crippen molar-refractivity contribution in [3.63, 3.8) is 0 Å². The molecule has 0 atom stereocenters. The molecule has 1 N–H and O–H groups in total. The number of hydrogen-bond acceptors (Lipinski definition) is 2. The van der Waals surface area contributed by atoms with E-state index in [1.807, 2.05) is 0 Å². The van der Waals surface area contributed by atoms with Gasteiger partial charge in [-0.1, -0.05) is 0 Å². The van der Waals surface area contributed by atoms with Gasteiger partial charge in [0.05, 0.1) is 6.26 Å². The van der Waals surface area contributed by atoms with Crippen molar-refractivity contribution in [3.05, 3.63) is 0 Å². The summed E-state index contributed by atoms with van der Waals surface area (Å²) in [5.74, 6) is 0. The predicted molar refractivity (Wildman–Crippen MR) is 27.4 cm³/mol. The first-order valence-corrected chi connectivity index (χ1v) is 2.77. The van der Waals surface area contributed by atoms with Crippen molar-refractivity contribution >= 4 is 36.0 Å². The fourth-order valence-corrected chi connectivity index (χ4v) is 0. The van der Waals surface area contributed by atoms with Crippen LogP contribution in [0, 0.1) is 0 Å². The molecule has 38 valence electrons. The Hall–Kier alpha value is 0.780. The van der Waals surface area contributed by atoms with Crippen LogP contribution in [0.2, 0.25) is 0 Å². The third-order valence-electron chi connectivity index (χ3n) is 0. The van der Waals surface area contributed by atoms with Gasteiger partial charge in [0.15, 0.2) is 0 Å². The van der Waals surface area contributed by atoms with Gasteiger partial charge in [-0.05, 0) is 0 Å². The molecule has 0 rings (SSSR count). The van der Waals surface area contributed by atoms with E-state index in [4.69, 9.17) is 4.55 Å². The zero-order chi connectivity index (χ0) is 4.50. The average Bonchev–Trinajstić information content (AvgIpc) is 0.722.